The standard InChI is InChI=1S/C16H9NO6/c18-13-9-3-1-7(5-11(9)15(20)22-13)17-8-2-4-10-12(6-8)16(21)23-14(10)19/h1-6,15,17,20H. The Morgan fingerprint density at radius 2 is 1.48 bits per heavy atom. The van der Waals surface area contributed by atoms with Gasteiger partial charge in [0.1, 0.15) is 0 Å². The molecule has 0 fully saturated rings. The molecule has 2 heterocycles. The number of aliphatic hydroxyl groups excluding tert-OH is 1. The van der Waals surface area contributed by atoms with Crippen molar-refractivity contribution in [3.8, 4) is 0 Å². The summed E-state index contributed by atoms with van der Waals surface area (Å²) in [6.07, 6.45) is -1.29. The highest BCUT2D eigenvalue weighted by atomic mass is 16.6. The first-order valence-corrected chi connectivity index (χ1v) is 6.73. The van der Waals surface area contributed by atoms with Crippen molar-refractivity contribution >= 4 is 29.3 Å². The highest BCUT2D eigenvalue weighted by molar-refractivity contribution is 6.15. The second kappa shape index (κ2) is 4.65. The molecule has 0 amide bonds. The van der Waals surface area contributed by atoms with Crippen LogP contribution in [0.1, 0.15) is 42.9 Å². The number of fused-ring (bicyclic) bond motifs is 2. The van der Waals surface area contributed by atoms with Crippen LogP contribution in [0.4, 0.5) is 11.4 Å². The van der Waals surface area contributed by atoms with Crippen LogP contribution in [0.15, 0.2) is 36.4 Å². The third kappa shape index (κ3) is 2.06. The Bertz CT molecular complexity index is 888. The molecule has 1 unspecified atom stereocenters. The Balaban J connectivity index is 1.66. The largest absolute Gasteiger partial charge is 0.428 e. The average molecular weight is 311 g/mol. The van der Waals surface area contributed by atoms with Gasteiger partial charge in [0.2, 0.25) is 6.29 Å². The van der Waals surface area contributed by atoms with Gasteiger partial charge in [0, 0.05) is 16.9 Å². The van der Waals surface area contributed by atoms with Crippen LogP contribution in [0.25, 0.3) is 0 Å². The lowest BCUT2D eigenvalue weighted by Gasteiger charge is -2.09. The van der Waals surface area contributed by atoms with Gasteiger partial charge in [-0.15, -0.1) is 0 Å². The number of rotatable bonds is 2. The summed E-state index contributed by atoms with van der Waals surface area (Å²) in [5.74, 6) is -1.91. The maximum absolute atomic E-state index is 11.6. The van der Waals surface area contributed by atoms with Crippen molar-refractivity contribution in [2.45, 2.75) is 6.29 Å². The van der Waals surface area contributed by atoms with Gasteiger partial charge in [-0.05, 0) is 36.4 Å². The van der Waals surface area contributed by atoms with Crippen molar-refractivity contribution in [3.63, 3.8) is 0 Å². The third-order valence-electron chi connectivity index (χ3n) is 3.69. The summed E-state index contributed by atoms with van der Waals surface area (Å²) in [4.78, 5) is 34.4. The van der Waals surface area contributed by atoms with Crippen molar-refractivity contribution < 1.29 is 29.0 Å². The average Bonchev–Trinajstić information content (AvgIpc) is 2.96. The lowest BCUT2D eigenvalue weighted by Crippen LogP contribution is -1.98. The number of aliphatic hydroxyl groups is 1. The molecule has 0 saturated carbocycles. The van der Waals surface area contributed by atoms with Gasteiger partial charge in [0.05, 0.1) is 16.7 Å². The molecule has 2 aromatic carbocycles. The number of hydrogen-bond acceptors (Lipinski definition) is 7. The topological polar surface area (TPSA) is 102 Å². The molecule has 0 aliphatic carbocycles. The number of carbonyl (C=O) groups excluding carboxylic acids is 3. The maximum Gasteiger partial charge on any atom is 0.346 e. The molecule has 2 N–H and O–H groups in total. The minimum Gasteiger partial charge on any atom is -0.428 e. The van der Waals surface area contributed by atoms with Crippen LogP contribution >= 0.6 is 0 Å². The Kier molecular flexibility index (Phi) is 2.73. The molecule has 0 radical (unpaired) electrons. The first kappa shape index (κ1) is 13.5. The van der Waals surface area contributed by atoms with Crippen LogP contribution in [0.3, 0.4) is 0 Å². The Morgan fingerprint density at radius 3 is 2.26 bits per heavy atom. The number of cyclic esters (lactones) is 3. The lowest BCUT2D eigenvalue weighted by atomic mass is 10.1. The molecule has 23 heavy (non-hydrogen) atoms. The second-order valence-electron chi connectivity index (χ2n) is 5.12. The number of nitrogens with one attached hydrogen (secondary N) is 1. The summed E-state index contributed by atoms with van der Waals surface area (Å²) in [6.45, 7) is 0. The van der Waals surface area contributed by atoms with Crippen LogP contribution in [0, 0.1) is 0 Å². The predicted molar refractivity (Wildman–Crippen MR) is 76.3 cm³/mol. The van der Waals surface area contributed by atoms with Gasteiger partial charge in [-0.1, -0.05) is 0 Å². The molecule has 0 spiro atoms. The highest BCUT2D eigenvalue weighted by Crippen LogP contribution is 2.32. The van der Waals surface area contributed by atoms with E-state index < -0.39 is 24.2 Å². The zero-order valence-corrected chi connectivity index (χ0v) is 11.5. The molecule has 114 valence electrons. The molecule has 0 aromatic heterocycles. The van der Waals surface area contributed by atoms with Gasteiger partial charge in [-0.2, -0.15) is 0 Å². The fourth-order valence-corrected chi connectivity index (χ4v) is 2.59. The van der Waals surface area contributed by atoms with Crippen molar-refractivity contribution in [3.05, 3.63) is 58.7 Å². The van der Waals surface area contributed by atoms with E-state index in [2.05, 4.69) is 10.1 Å². The Labute approximate surface area is 129 Å². The molecular formula is C16H9NO6. The van der Waals surface area contributed by atoms with Gasteiger partial charge in [-0.25, -0.2) is 14.4 Å². The summed E-state index contributed by atoms with van der Waals surface area (Å²) in [6, 6.07) is 9.41. The fourth-order valence-electron chi connectivity index (χ4n) is 2.59. The van der Waals surface area contributed by atoms with E-state index >= 15 is 0 Å². The summed E-state index contributed by atoms with van der Waals surface area (Å²) >= 11 is 0. The highest BCUT2D eigenvalue weighted by Gasteiger charge is 2.31. The van der Waals surface area contributed by atoms with Gasteiger partial charge in [-0.3, -0.25) is 0 Å². The molecule has 0 bridgehead atoms. The SMILES string of the molecule is O=C1OC(=O)c2cc(Nc3ccc4c(c3)C(O)OC4=O)ccc21. The summed E-state index contributed by atoms with van der Waals surface area (Å²) in [7, 11) is 0. The van der Waals surface area contributed by atoms with E-state index in [4.69, 9.17) is 4.74 Å². The van der Waals surface area contributed by atoms with E-state index in [0.717, 1.165) is 0 Å². The monoisotopic (exact) mass is 311 g/mol. The Hall–Kier alpha value is -3.19. The minimum atomic E-state index is -1.29. The smallest absolute Gasteiger partial charge is 0.346 e. The predicted octanol–water partition coefficient (Wildman–Crippen LogP) is 1.90. The summed E-state index contributed by atoms with van der Waals surface area (Å²) < 4.78 is 9.24. The fraction of sp³-hybridized carbons (Fsp3) is 0.0625. The number of benzene rings is 2. The third-order valence-corrected chi connectivity index (χ3v) is 3.69. The van der Waals surface area contributed by atoms with Gasteiger partial charge >= 0.3 is 17.9 Å². The first-order valence-electron chi connectivity index (χ1n) is 6.73. The zero-order valence-electron chi connectivity index (χ0n) is 11.5. The van der Waals surface area contributed by atoms with Crippen LogP contribution in [-0.2, 0) is 9.47 Å². The maximum atomic E-state index is 11.6. The van der Waals surface area contributed by atoms with E-state index in [9.17, 15) is 19.5 Å². The van der Waals surface area contributed by atoms with E-state index in [1.165, 1.54) is 12.1 Å². The quantitative estimate of drug-likeness (QED) is 0.645. The van der Waals surface area contributed by atoms with Gasteiger partial charge in [0.25, 0.3) is 0 Å². The minimum absolute atomic E-state index is 0.194. The molecule has 0 saturated heterocycles. The van der Waals surface area contributed by atoms with Crippen LogP contribution in [-0.4, -0.2) is 23.0 Å². The molecular weight excluding hydrogens is 302 g/mol. The normalized spacial score (nSPS) is 18.3. The molecule has 2 aliphatic heterocycles. The summed E-state index contributed by atoms with van der Waals surface area (Å²) in [5, 5.41) is 12.7. The zero-order chi connectivity index (χ0) is 16.1. The van der Waals surface area contributed by atoms with Crippen LogP contribution < -0.4 is 5.32 Å². The first-order chi connectivity index (χ1) is 11.0. The molecule has 7 heteroatoms. The van der Waals surface area contributed by atoms with E-state index in [1.54, 1.807) is 24.3 Å². The van der Waals surface area contributed by atoms with Gasteiger partial charge < -0.3 is 19.9 Å². The molecule has 4 rings (SSSR count). The number of anilines is 2. The Morgan fingerprint density at radius 1 is 0.826 bits per heavy atom. The number of carbonyl (C=O) groups is 3. The van der Waals surface area contributed by atoms with Gasteiger partial charge in [0.15, 0.2) is 0 Å². The van der Waals surface area contributed by atoms with E-state index in [1.807, 2.05) is 0 Å². The van der Waals surface area contributed by atoms with E-state index in [0.29, 0.717) is 22.5 Å². The van der Waals surface area contributed by atoms with E-state index in [-0.39, 0.29) is 11.1 Å². The molecule has 7 nitrogen and oxygen atoms in total. The van der Waals surface area contributed by atoms with Crippen LogP contribution in [0.2, 0.25) is 0 Å². The van der Waals surface area contributed by atoms with Crippen molar-refractivity contribution in [2.75, 3.05) is 5.32 Å². The lowest BCUT2D eigenvalue weighted by molar-refractivity contribution is -0.0547. The number of ether oxygens (including phenoxy) is 2. The van der Waals surface area contributed by atoms with Crippen molar-refractivity contribution in [1.82, 2.24) is 0 Å². The number of hydrogen-bond donors (Lipinski definition) is 2. The molecule has 2 aliphatic rings. The second-order valence-corrected chi connectivity index (χ2v) is 5.12. The molecule has 2 aromatic rings. The number of esters is 3. The summed E-state index contributed by atoms with van der Waals surface area (Å²) in [5.41, 5.74) is 2.26. The van der Waals surface area contributed by atoms with Crippen LogP contribution in [0.5, 0.6) is 0 Å². The van der Waals surface area contributed by atoms with Crippen molar-refractivity contribution in [1.29, 1.82) is 0 Å². The molecule has 1 atom stereocenters. The van der Waals surface area contributed by atoms with Crippen molar-refractivity contribution in [2.24, 2.45) is 0 Å².